The first kappa shape index (κ1) is 14.5. The quantitative estimate of drug-likeness (QED) is 0.832. The summed E-state index contributed by atoms with van der Waals surface area (Å²) < 4.78 is 5.93. The summed E-state index contributed by atoms with van der Waals surface area (Å²) in [7, 11) is 0. The summed E-state index contributed by atoms with van der Waals surface area (Å²) in [6, 6.07) is 9.64. The molecule has 0 saturated carbocycles. The van der Waals surface area contributed by atoms with Crippen LogP contribution in [0.3, 0.4) is 0 Å². The van der Waals surface area contributed by atoms with Crippen molar-refractivity contribution in [2.75, 3.05) is 19.6 Å². The minimum absolute atomic E-state index is 0.00214. The fraction of sp³-hybridized carbons (Fsp3) is 0.588. The second-order valence-corrected chi connectivity index (χ2v) is 6.03. The molecule has 2 saturated heterocycles. The Bertz CT molecular complexity index is 451. The predicted molar refractivity (Wildman–Crippen MR) is 82.3 cm³/mol. The molecule has 2 fully saturated rings. The van der Waals surface area contributed by atoms with Crippen molar-refractivity contribution in [3.8, 4) is 0 Å². The molecular formula is C17H24N2O2. The molecule has 4 heteroatoms. The van der Waals surface area contributed by atoms with Gasteiger partial charge in [0.05, 0.1) is 5.56 Å². The van der Waals surface area contributed by atoms with Gasteiger partial charge in [-0.15, -0.1) is 0 Å². The number of rotatable bonds is 4. The molecule has 0 radical (unpaired) electrons. The Kier molecular flexibility index (Phi) is 4.88. The van der Waals surface area contributed by atoms with E-state index >= 15 is 0 Å². The molecule has 1 aromatic rings. The van der Waals surface area contributed by atoms with Crippen molar-refractivity contribution in [2.24, 2.45) is 5.92 Å². The lowest BCUT2D eigenvalue weighted by Gasteiger charge is -2.34. The largest absolute Gasteiger partial charge is 0.457 e. The lowest BCUT2D eigenvalue weighted by molar-refractivity contribution is -0.00296. The Morgan fingerprint density at radius 2 is 1.86 bits per heavy atom. The predicted octanol–water partition coefficient (Wildman–Crippen LogP) is 1.96. The first-order valence-corrected chi connectivity index (χ1v) is 8.05. The summed E-state index contributed by atoms with van der Waals surface area (Å²) in [4.78, 5) is 12.4. The van der Waals surface area contributed by atoms with Gasteiger partial charge in [0.1, 0.15) is 6.10 Å². The topological polar surface area (TPSA) is 50.4 Å². The summed E-state index contributed by atoms with van der Waals surface area (Å²) in [5, 5.41) is 6.90. The number of hydrogen-bond donors (Lipinski definition) is 2. The van der Waals surface area contributed by atoms with E-state index in [4.69, 9.17) is 4.74 Å². The van der Waals surface area contributed by atoms with Gasteiger partial charge in [0, 0.05) is 6.04 Å². The molecule has 4 nitrogen and oxygen atoms in total. The minimum Gasteiger partial charge on any atom is -0.457 e. The number of nitrogens with one attached hydrogen (secondary N) is 2. The average molecular weight is 288 g/mol. The van der Waals surface area contributed by atoms with Crippen molar-refractivity contribution in [1.82, 2.24) is 10.6 Å². The second kappa shape index (κ2) is 7.05. The first-order chi connectivity index (χ1) is 10.3. The van der Waals surface area contributed by atoms with E-state index in [1.54, 1.807) is 0 Å². The second-order valence-electron chi connectivity index (χ2n) is 6.03. The van der Waals surface area contributed by atoms with Crippen LogP contribution in [0.25, 0.3) is 0 Å². The summed E-state index contributed by atoms with van der Waals surface area (Å²) in [6.07, 6.45) is 4.46. The molecule has 2 heterocycles. The van der Waals surface area contributed by atoms with Gasteiger partial charge < -0.3 is 15.4 Å². The minimum atomic E-state index is -0.187. The van der Waals surface area contributed by atoms with Gasteiger partial charge in [0.15, 0.2) is 0 Å². The van der Waals surface area contributed by atoms with Crippen LogP contribution in [0.5, 0.6) is 0 Å². The molecule has 0 spiro atoms. The van der Waals surface area contributed by atoms with Gasteiger partial charge in [-0.3, -0.25) is 0 Å². The van der Waals surface area contributed by atoms with E-state index in [-0.39, 0.29) is 12.1 Å². The van der Waals surface area contributed by atoms with Gasteiger partial charge in [-0.2, -0.15) is 0 Å². The molecule has 0 bridgehead atoms. The maximum atomic E-state index is 12.4. The van der Waals surface area contributed by atoms with E-state index in [0.29, 0.717) is 17.5 Å². The van der Waals surface area contributed by atoms with Gasteiger partial charge in [0.25, 0.3) is 0 Å². The number of piperidine rings is 1. The molecule has 21 heavy (non-hydrogen) atoms. The van der Waals surface area contributed by atoms with Crippen LogP contribution in [0.4, 0.5) is 0 Å². The lowest BCUT2D eigenvalue weighted by Crippen LogP contribution is -2.46. The zero-order chi connectivity index (χ0) is 14.5. The third-order valence-electron chi connectivity index (χ3n) is 4.60. The van der Waals surface area contributed by atoms with Crippen molar-refractivity contribution in [3.63, 3.8) is 0 Å². The molecule has 2 aliphatic heterocycles. The molecule has 0 amide bonds. The number of carbonyl (C=O) groups excluding carboxylic acids is 1. The van der Waals surface area contributed by atoms with Crippen LogP contribution in [0.1, 0.15) is 36.0 Å². The Hall–Kier alpha value is -1.39. The van der Waals surface area contributed by atoms with Crippen LogP contribution in [0, 0.1) is 5.92 Å². The number of esters is 1. The number of hydrogen-bond acceptors (Lipinski definition) is 4. The summed E-state index contributed by atoms with van der Waals surface area (Å²) in [5.41, 5.74) is 0.648. The van der Waals surface area contributed by atoms with E-state index in [1.807, 2.05) is 30.3 Å². The standard InChI is InChI=1S/C17H24N2O2/c20-17(14-5-2-1-3-6-14)21-16(15-7-4-10-19-15)13-8-11-18-12-9-13/h1-3,5-6,13,15-16,18-19H,4,7-12H2/t15?,16-/m0/s1. The average Bonchev–Trinajstić information content (AvgIpc) is 3.08. The molecule has 1 unspecified atom stereocenters. The Morgan fingerprint density at radius 3 is 2.52 bits per heavy atom. The van der Waals surface area contributed by atoms with Gasteiger partial charge in [-0.25, -0.2) is 4.79 Å². The van der Waals surface area contributed by atoms with Crippen molar-refractivity contribution >= 4 is 5.97 Å². The van der Waals surface area contributed by atoms with Crippen LogP contribution in [-0.4, -0.2) is 37.7 Å². The van der Waals surface area contributed by atoms with Crippen molar-refractivity contribution < 1.29 is 9.53 Å². The van der Waals surface area contributed by atoms with Crippen LogP contribution in [0.2, 0.25) is 0 Å². The van der Waals surface area contributed by atoms with E-state index in [2.05, 4.69) is 10.6 Å². The fourth-order valence-corrected chi connectivity index (χ4v) is 3.44. The molecule has 0 aromatic heterocycles. The van der Waals surface area contributed by atoms with E-state index in [9.17, 15) is 4.79 Å². The normalized spacial score (nSPS) is 24.7. The van der Waals surface area contributed by atoms with Gasteiger partial charge in [-0.05, 0) is 63.4 Å². The highest BCUT2D eigenvalue weighted by Crippen LogP contribution is 2.26. The fourth-order valence-electron chi connectivity index (χ4n) is 3.44. The zero-order valence-electron chi connectivity index (χ0n) is 12.4. The van der Waals surface area contributed by atoms with Gasteiger partial charge in [0.2, 0.25) is 0 Å². The monoisotopic (exact) mass is 288 g/mol. The van der Waals surface area contributed by atoms with E-state index in [1.165, 1.54) is 6.42 Å². The number of ether oxygens (including phenoxy) is 1. The highest BCUT2D eigenvalue weighted by molar-refractivity contribution is 5.89. The van der Waals surface area contributed by atoms with Crippen LogP contribution in [-0.2, 0) is 4.74 Å². The van der Waals surface area contributed by atoms with Crippen LogP contribution < -0.4 is 10.6 Å². The van der Waals surface area contributed by atoms with Gasteiger partial charge in [-0.1, -0.05) is 18.2 Å². The maximum absolute atomic E-state index is 12.4. The number of benzene rings is 1. The van der Waals surface area contributed by atoms with Crippen LogP contribution in [0.15, 0.2) is 30.3 Å². The first-order valence-electron chi connectivity index (χ1n) is 8.05. The third kappa shape index (κ3) is 3.63. The van der Waals surface area contributed by atoms with Gasteiger partial charge >= 0.3 is 5.97 Å². The molecule has 1 aromatic carbocycles. The molecule has 3 rings (SSSR count). The SMILES string of the molecule is O=C(O[C@@H](C1CCNCC1)C1CCCN1)c1ccccc1. The molecule has 2 N–H and O–H groups in total. The van der Waals surface area contributed by atoms with Crippen molar-refractivity contribution in [2.45, 2.75) is 37.8 Å². The number of carbonyl (C=O) groups is 1. The summed E-state index contributed by atoms with van der Waals surface area (Å²) in [6.45, 7) is 3.09. The molecule has 2 atom stereocenters. The van der Waals surface area contributed by atoms with E-state index in [0.717, 1.165) is 38.9 Å². The lowest BCUT2D eigenvalue weighted by atomic mass is 9.87. The Morgan fingerprint density at radius 1 is 1.10 bits per heavy atom. The molecule has 114 valence electrons. The smallest absolute Gasteiger partial charge is 0.338 e. The van der Waals surface area contributed by atoms with Crippen molar-refractivity contribution in [3.05, 3.63) is 35.9 Å². The zero-order valence-corrected chi connectivity index (χ0v) is 12.4. The summed E-state index contributed by atoms with van der Waals surface area (Å²) in [5.74, 6) is 0.280. The highest BCUT2D eigenvalue weighted by atomic mass is 16.5. The molecule has 0 aliphatic carbocycles. The van der Waals surface area contributed by atoms with E-state index < -0.39 is 0 Å². The molecular weight excluding hydrogens is 264 g/mol. The highest BCUT2D eigenvalue weighted by Gasteiger charge is 2.35. The summed E-state index contributed by atoms with van der Waals surface area (Å²) >= 11 is 0. The Balaban J connectivity index is 1.70. The third-order valence-corrected chi connectivity index (χ3v) is 4.60. The Labute approximate surface area is 126 Å². The maximum Gasteiger partial charge on any atom is 0.338 e. The van der Waals surface area contributed by atoms with Crippen LogP contribution >= 0.6 is 0 Å². The molecule has 2 aliphatic rings. The van der Waals surface area contributed by atoms with Crippen molar-refractivity contribution in [1.29, 1.82) is 0 Å².